The zero-order valence-electron chi connectivity index (χ0n) is 11.5. The number of Topliss-reactive ketones (excluding diaryl/α,β-unsaturated/α-hetero) is 1. The summed E-state index contributed by atoms with van der Waals surface area (Å²) in [6.07, 6.45) is 4.54. The van der Waals surface area contributed by atoms with E-state index in [2.05, 4.69) is 10.2 Å². The topological polar surface area (TPSA) is 78.7 Å². The van der Waals surface area contributed by atoms with Gasteiger partial charge in [-0.3, -0.25) is 14.2 Å². The van der Waals surface area contributed by atoms with Crippen LogP contribution in [0.4, 0.5) is 0 Å². The van der Waals surface area contributed by atoms with E-state index >= 15 is 0 Å². The summed E-state index contributed by atoms with van der Waals surface area (Å²) in [7, 11) is 3.65. The third-order valence-corrected chi connectivity index (χ3v) is 3.18. The van der Waals surface area contributed by atoms with Gasteiger partial charge in [0, 0.05) is 31.5 Å². The lowest BCUT2D eigenvalue weighted by Gasteiger charge is -2.08. The molecular weight excluding hydrogens is 242 g/mol. The minimum absolute atomic E-state index is 0.0290. The van der Waals surface area contributed by atoms with Crippen molar-refractivity contribution in [3.05, 3.63) is 35.4 Å². The number of hydrogen-bond donors (Lipinski definition) is 1. The molecule has 0 fully saturated rings. The van der Waals surface area contributed by atoms with E-state index < -0.39 is 6.04 Å². The average molecular weight is 261 g/mol. The van der Waals surface area contributed by atoms with E-state index in [9.17, 15) is 4.79 Å². The molecule has 0 aliphatic rings. The number of nitrogens with two attached hydrogens (primary N) is 1. The summed E-state index contributed by atoms with van der Waals surface area (Å²) in [4.78, 5) is 12.2. The van der Waals surface area contributed by atoms with E-state index in [-0.39, 0.29) is 5.78 Å². The summed E-state index contributed by atoms with van der Waals surface area (Å²) < 4.78 is 3.38. The lowest BCUT2D eigenvalue weighted by Crippen LogP contribution is -2.23. The highest BCUT2D eigenvalue weighted by Crippen LogP contribution is 2.13. The van der Waals surface area contributed by atoms with Crippen LogP contribution in [0.3, 0.4) is 0 Å². The van der Waals surface area contributed by atoms with E-state index in [4.69, 9.17) is 5.73 Å². The van der Waals surface area contributed by atoms with Crippen LogP contribution in [0.5, 0.6) is 0 Å². The van der Waals surface area contributed by atoms with E-state index in [0.29, 0.717) is 6.42 Å². The Morgan fingerprint density at radius 2 is 2.21 bits per heavy atom. The van der Waals surface area contributed by atoms with Gasteiger partial charge in [0.15, 0.2) is 5.78 Å². The van der Waals surface area contributed by atoms with E-state index in [1.54, 1.807) is 28.8 Å². The van der Waals surface area contributed by atoms with Gasteiger partial charge in [0.1, 0.15) is 0 Å². The van der Waals surface area contributed by atoms with Crippen molar-refractivity contribution in [2.75, 3.05) is 0 Å². The molecule has 0 saturated carbocycles. The predicted molar refractivity (Wildman–Crippen MR) is 71.4 cm³/mol. The van der Waals surface area contributed by atoms with Crippen molar-refractivity contribution in [3.63, 3.8) is 0 Å². The summed E-state index contributed by atoms with van der Waals surface area (Å²) >= 11 is 0. The highest BCUT2D eigenvalue weighted by Gasteiger charge is 2.19. The van der Waals surface area contributed by atoms with Gasteiger partial charge in [0.25, 0.3) is 0 Å². The molecule has 6 heteroatoms. The molecule has 0 saturated heterocycles. The highest BCUT2D eigenvalue weighted by atomic mass is 16.1. The first kappa shape index (κ1) is 13.5. The molecule has 2 heterocycles. The zero-order chi connectivity index (χ0) is 14.0. The second-order valence-corrected chi connectivity index (χ2v) is 4.67. The van der Waals surface area contributed by atoms with Crippen molar-refractivity contribution in [3.8, 4) is 0 Å². The minimum Gasteiger partial charge on any atom is -0.318 e. The maximum absolute atomic E-state index is 12.2. The number of ketones is 1. The molecule has 1 unspecified atom stereocenters. The second kappa shape index (κ2) is 5.36. The largest absolute Gasteiger partial charge is 0.318 e. The van der Waals surface area contributed by atoms with Gasteiger partial charge in [-0.2, -0.15) is 10.2 Å². The molecular formula is C13H19N5O. The quantitative estimate of drug-likeness (QED) is 0.851. The number of hydrogen-bond acceptors (Lipinski definition) is 4. The van der Waals surface area contributed by atoms with Gasteiger partial charge in [-0.25, -0.2) is 0 Å². The van der Waals surface area contributed by atoms with Gasteiger partial charge < -0.3 is 5.73 Å². The Labute approximate surface area is 112 Å². The predicted octanol–water partition coefficient (Wildman–Crippen LogP) is 0.528. The Bertz CT molecular complexity index is 584. The Balaban J connectivity index is 2.10. The third-order valence-electron chi connectivity index (χ3n) is 3.18. The monoisotopic (exact) mass is 261 g/mol. The van der Waals surface area contributed by atoms with Gasteiger partial charge >= 0.3 is 0 Å². The number of rotatable bonds is 5. The van der Waals surface area contributed by atoms with E-state index in [1.807, 2.05) is 20.0 Å². The van der Waals surface area contributed by atoms with Crippen molar-refractivity contribution in [1.29, 1.82) is 0 Å². The van der Waals surface area contributed by atoms with Crippen LogP contribution >= 0.6 is 0 Å². The van der Waals surface area contributed by atoms with Crippen LogP contribution in [0.2, 0.25) is 0 Å². The van der Waals surface area contributed by atoms with Crippen LogP contribution in [0, 0.1) is 0 Å². The van der Waals surface area contributed by atoms with Crippen molar-refractivity contribution >= 4 is 5.78 Å². The van der Waals surface area contributed by atoms with Crippen LogP contribution in [0.25, 0.3) is 0 Å². The number of aromatic nitrogens is 4. The third kappa shape index (κ3) is 2.90. The van der Waals surface area contributed by atoms with Crippen LogP contribution in [-0.2, 0) is 31.7 Å². The first-order valence-corrected chi connectivity index (χ1v) is 6.30. The van der Waals surface area contributed by atoms with Crippen LogP contribution in [-0.4, -0.2) is 25.3 Å². The van der Waals surface area contributed by atoms with Crippen molar-refractivity contribution in [2.45, 2.75) is 25.8 Å². The fourth-order valence-electron chi connectivity index (χ4n) is 1.98. The van der Waals surface area contributed by atoms with Crippen LogP contribution < -0.4 is 5.73 Å². The smallest absolute Gasteiger partial charge is 0.160 e. The van der Waals surface area contributed by atoms with Gasteiger partial charge in [-0.05, 0) is 12.5 Å². The molecule has 0 aliphatic heterocycles. The summed E-state index contributed by atoms with van der Waals surface area (Å²) in [5.41, 5.74) is 8.57. The molecule has 19 heavy (non-hydrogen) atoms. The molecule has 2 rings (SSSR count). The minimum atomic E-state index is -0.631. The van der Waals surface area contributed by atoms with Crippen LogP contribution in [0.1, 0.15) is 29.9 Å². The van der Waals surface area contributed by atoms with Crippen molar-refractivity contribution in [2.24, 2.45) is 19.8 Å². The van der Waals surface area contributed by atoms with Crippen LogP contribution in [0.15, 0.2) is 18.5 Å². The maximum Gasteiger partial charge on any atom is 0.160 e. The molecule has 1 atom stereocenters. The Kier molecular flexibility index (Phi) is 3.80. The summed E-state index contributed by atoms with van der Waals surface area (Å²) in [6, 6.07) is 1.32. The molecule has 0 bridgehead atoms. The zero-order valence-corrected chi connectivity index (χ0v) is 11.5. The summed E-state index contributed by atoms with van der Waals surface area (Å²) in [5.74, 6) is -0.0290. The standard InChI is InChI=1S/C13H19N5O/c1-4-10-5-11(18(3)16-10)6-12(19)13(14)9-7-15-17(2)8-9/h5,7-8,13H,4,6,14H2,1-3H3. The maximum atomic E-state index is 12.2. The molecule has 2 aromatic heterocycles. The molecule has 2 N–H and O–H groups in total. The van der Waals surface area contributed by atoms with Crippen molar-refractivity contribution in [1.82, 2.24) is 19.6 Å². The fourth-order valence-corrected chi connectivity index (χ4v) is 1.98. The number of aryl methyl sites for hydroxylation is 3. The number of nitrogens with zero attached hydrogens (tertiary/aromatic N) is 4. The summed E-state index contributed by atoms with van der Waals surface area (Å²) in [5, 5.41) is 8.35. The van der Waals surface area contributed by atoms with Crippen molar-refractivity contribution < 1.29 is 4.79 Å². The second-order valence-electron chi connectivity index (χ2n) is 4.67. The molecule has 0 spiro atoms. The van der Waals surface area contributed by atoms with E-state index in [0.717, 1.165) is 23.4 Å². The Hall–Kier alpha value is -1.95. The normalized spacial score (nSPS) is 12.6. The van der Waals surface area contributed by atoms with Gasteiger partial charge in [-0.15, -0.1) is 0 Å². The molecule has 2 aromatic rings. The van der Waals surface area contributed by atoms with Gasteiger partial charge in [-0.1, -0.05) is 6.92 Å². The highest BCUT2D eigenvalue weighted by molar-refractivity contribution is 5.86. The van der Waals surface area contributed by atoms with E-state index in [1.165, 1.54) is 0 Å². The first-order chi connectivity index (χ1) is 9.01. The number of carbonyl (C=O) groups is 1. The lowest BCUT2D eigenvalue weighted by molar-refractivity contribution is -0.119. The first-order valence-electron chi connectivity index (χ1n) is 6.30. The lowest BCUT2D eigenvalue weighted by atomic mass is 10.0. The van der Waals surface area contributed by atoms with Gasteiger partial charge in [0.05, 0.1) is 24.4 Å². The molecule has 6 nitrogen and oxygen atoms in total. The Morgan fingerprint density at radius 1 is 1.47 bits per heavy atom. The summed E-state index contributed by atoms with van der Waals surface area (Å²) in [6.45, 7) is 2.04. The molecule has 0 aromatic carbocycles. The number of carbonyl (C=O) groups excluding carboxylic acids is 1. The average Bonchev–Trinajstić information content (AvgIpc) is 2.95. The SMILES string of the molecule is CCc1cc(CC(=O)C(N)c2cnn(C)c2)n(C)n1. The van der Waals surface area contributed by atoms with Gasteiger partial charge in [0.2, 0.25) is 0 Å². The fraction of sp³-hybridized carbons (Fsp3) is 0.462. The Morgan fingerprint density at radius 3 is 2.74 bits per heavy atom. The molecule has 0 radical (unpaired) electrons. The molecule has 0 amide bonds. The molecule has 102 valence electrons. The molecule has 0 aliphatic carbocycles.